The van der Waals surface area contributed by atoms with E-state index in [1.165, 1.54) is 0 Å². The van der Waals surface area contributed by atoms with Gasteiger partial charge in [-0.15, -0.1) is 0 Å². The fraction of sp³-hybridized carbons (Fsp3) is 0.417. The summed E-state index contributed by atoms with van der Waals surface area (Å²) < 4.78 is 2.84. The quantitative estimate of drug-likeness (QED) is 0.608. The molecule has 1 aliphatic rings. The zero-order valence-corrected chi connectivity index (χ0v) is 14.0. The maximum Gasteiger partial charge on any atom is 0.189 e. The molecule has 0 saturated carbocycles. The van der Waals surface area contributed by atoms with E-state index in [9.17, 15) is 0 Å². The van der Waals surface area contributed by atoms with Crippen molar-refractivity contribution in [1.82, 2.24) is 19.7 Å². The third-order valence-electron chi connectivity index (χ3n) is 3.19. The van der Waals surface area contributed by atoms with Gasteiger partial charge in [-0.2, -0.15) is 5.10 Å². The van der Waals surface area contributed by atoms with Gasteiger partial charge in [0.1, 0.15) is 5.82 Å². The van der Waals surface area contributed by atoms with Crippen LogP contribution in [-0.4, -0.2) is 39.1 Å². The van der Waals surface area contributed by atoms with Gasteiger partial charge in [0.2, 0.25) is 0 Å². The molecular formula is C12H13BrClN5S. The van der Waals surface area contributed by atoms with Gasteiger partial charge in [0.15, 0.2) is 5.16 Å². The predicted molar refractivity (Wildman–Crippen MR) is 84.5 cm³/mol. The molecule has 0 aromatic carbocycles. The van der Waals surface area contributed by atoms with Crippen molar-refractivity contribution >= 4 is 45.1 Å². The van der Waals surface area contributed by atoms with Gasteiger partial charge in [-0.05, 0) is 22.2 Å². The summed E-state index contributed by atoms with van der Waals surface area (Å²) in [6, 6.07) is 0. The summed E-state index contributed by atoms with van der Waals surface area (Å²) in [4.78, 5) is 11.0. The second-order valence-electron chi connectivity index (χ2n) is 4.68. The highest BCUT2D eigenvalue weighted by atomic mass is 79.9. The molecule has 0 radical (unpaired) electrons. The lowest BCUT2D eigenvalue weighted by molar-refractivity contribution is 0.339. The van der Waals surface area contributed by atoms with E-state index >= 15 is 0 Å². The summed E-state index contributed by atoms with van der Waals surface area (Å²) in [6.07, 6.45) is 7.32. The molecule has 5 nitrogen and oxygen atoms in total. The fourth-order valence-corrected chi connectivity index (χ4v) is 3.16. The van der Waals surface area contributed by atoms with Crippen molar-refractivity contribution in [2.24, 2.45) is 5.92 Å². The van der Waals surface area contributed by atoms with Crippen LogP contribution in [0, 0.1) is 5.92 Å². The van der Waals surface area contributed by atoms with Crippen LogP contribution in [0.25, 0.3) is 0 Å². The number of rotatable bonds is 4. The van der Waals surface area contributed by atoms with E-state index in [-0.39, 0.29) is 0 Å². The average molecular weight is 375 g/mol. The van der Waals surface area contributed by atoms with Crippen LogP contribution in [0.3, 0.4) is 0 Å². The highest BCUT2D eigenvalue weighted by molar-refractivity contribution is 9.10. The predicted octanol–water partition coefficient (Wildman–Crippen LogP) is 2.95. The Morgan fingerprint density at radius 3 is 2.90 bits per heavy atom. The van der Waals surface area contributed by atoms with Crippen molar-refractivity contribution in [3.8, 4) is 0 Å². The van der Waals surface area contributed by atoms with Crippen molar-refractivity contribution in [1.29, 1.82) is 0 Å². The standard InChI is InChI=1S/C12H13BrClN5S/c1-20-12-15-3-10(13)11(17-12)18-4-8(5-18)6-19-7-9(14)2-16-19/h2-3,7-8H,4-6H2,1H3. The first-order valence-corrected chi connectivity index (χ1v) is 8.54. The Labute approximate surface area is 134 Å². The molecule has 3 rings (SSSR count). The fourth-order valence-electron chi connectivity index (χ4n) is 2.22. The second kappa shape index (κ2) is 5.91. The number of aromatic nitrogens is 4. The number of hydrogen-bond acceptors (Lipinski definition) is 5. The summed E-state index contributed by atoms with van der Waals surface area (Å²) in [5.41, 5.74) is 0. The van der Waals surface area contributed by atoms with Gasteiger partial charge in [-0.3, -0.25) is 4.68 Å². The third kappa shape index (κ3) is 2.94. The van der Waals surface area contributed by atoms with E-state index in [1.807, 2.05) is 23.3 Å². The van der Waals surface area contributed by atoms with Gasteiger partial charge in [-0.1, -0.05) is 23.4 Å². The maximum atomic E-state index is 5.86. The highest BCUT2D eigenvalue weighted by Crippen LogP contribution is 2.31. The Morgan fingerprint density at radius 2 is 2.25 bits per heavy atom. The number of thioether (sulfide) groups is 1. The number of nitrogens with zero attached hydrogens (tertiary/aromatic N) is 5. The van der Waals surface area contributed by atoms with Gasteiger partial charge in [-0.25, -0.2) is 9.97 Å². The molecule has 0 aliphatic carbocycles. The molecule has 0 spiro atoms. The van der Waals surface area contributed by atoms with E-state index in [4.69, 9.17) is 11.6 Å². The lowest BCUT2D eigenvalue weighted by atomic mass is 10.0. The molecule has 1 fully saturated rings. The lowest BCUT2D eigenvalue weighted by Crippen LogP contribution is -2.49. The number of hydrogen-bond donors (Lipinski definition) is 0. The molecule has 2 aromatic rings. The summed E-state index contributed by atoms with van der Waals surface area (Å²) in [5, 5.41) is 5.69. The van der Waals surface area contributed by atoms with Crippen LogP contribution in [0.5, 0.6) is 0 Å². The Hall–Kier alpha value is -0.790. The zero-order valence-electron chi connectivity index (χ0n) is 10.8. The van der Waals surface area contributed by atoms with Gasteiger partial charge < -0.3 is 4.90 Å². The van der Waals surface area contributed by atoms with E-state index in [1.54, 1.807) is 18.0 Å². The largest absolute Gasteiger partial charge is 0.355 e. The molecular weight excluding hydrogens is 362 g/mol. The molecule has 1 aliphatic heterocycles. The van der Waals surface area contributed by atoms with Gasteiger partial charge >= 0.3 is 0 Å². The maximum absolute atomic E-state index is 5.86. The smallest absolute Gasteiger partial charge is 0.189 e. The first-order valence-electron chi connectivity index (χ1n) is 6.15. The van der Waals surface area contributed by atoms with Gasteiger partial charge in [0.25, 0.3) is 0 Å². The molecule has 106 valence electrons. The van der Waals surface area contributed by atoms with Crippen LogP contribution in [0.15, 0.2) is 28.2 Å². The first-order chi connectivity index (χ1) is 9.65. The lowest BCUT2D eigenvalue weighted by Gasteiger charge is -2.40. The highest BCUT2D eigenvalue weighted by Gasteiger charge is 2.29. The zero-order chi connectivity index (χ0) is 14.1. The number of anilines is 1. The number of halogens is 2. The molecule has 2 aromatic heterocycles. The van der Waals surface area contributed by atoms with Crippen molar-refractivity contribution in [3.63, 3.8) is 0 Å². The molecule has 0 N–H and O–H groups in total. The Kier molecular flexibility index (Phi) is 4.18. The van der Waals surface area contributed by atoms with Crippen molar-refractivity contribution in [3.05, 3.63) is 28.1 Å². The van der Waals surface area contributed by atoms with Crippen LogP contribution in [0.2, 0.25) is 5.02 Å². The normalized spacial score (nSPS) is 15.4. The summed E-state index contributed by atoms with van der Waals surface area (Å²) in [5.74, 6) is 1.55. The van der Waals surface area contributed by atoms with E-state index < -0.39 is 0 Å². The average Bonchev–Trinajstić information content (AvgIpc) is 2.80. The molecule has 8 heteroatoms. The van der Waals surface area contributed by atoms with Crippen molar-refractivity contribution in [2.45, 2.75) is 11.7 Å². The van der Waals surface area contributed by atoms with E-state index in [0.717, 1.165) is 35.1 Å². The SMILES string of the molecule is CSc1ncc(Br)c(N2CC(Cn3cc(Cl)cn3)C2)n1. The van der Waals surface area contributed by atoms with Gasteiger partial charge in [0.05, 0.1) is 15.7 Å². The minimum atomic E-state index is 0.575. The van der Waals surface area contributed by atoms with Crippen molar-refractivity contribution in [2.75, 3.05) is 24.2 Å². The Morgan fingerprint density at radius 1 is 1.45 bits per heavy atom. The third-order valence-corrected chi connectivity index (χ3v) is 4.51. The molecule has 3 heterocycles. The second-order valence-corrected chi connectivity index (χ2v) is 6.74. The molecule has 0 atom stereocenters. The van der Waals surface area contributed by atoms with E-state index in [2.05, 4.69) is 35.9 Å². The molecule has 0 amide bonds. The molecule has 1 saturated heterocycles. The molecule has 20 heavy (non-hydrogen) atoms. The van der Waals surface area contributed by atoms with Crippen molar-refractivity contribution < 1.29 is 0 Å². The van der Waals surface area contributed by atoms with Crippen LogP contribution in [0.4, 0.5) is 5.82 Å². The van der Waals surface area contributed by atoms with Crippen LogP contribution >= 0.6 is 39.3 Å². The Balaban J connectivity index is 1.62. The van der Waals surface area contributed by atoms with Crippen LogP contribution < -0.4 is 4.90 Å². The van der Waals surface area contributed by atoms with Crippen LogP contribution in [0.1, 0.15) is 0 Å². The summed E-state index contributed by atoms with van der Waals surface area (Å²) in [6.45, 7) is 2.84. The minimum absolute atomic E-state index is 0.575. The minimum Gasteiger partial charge on any atom is -0.355 e. The van der Waals surface area contributed by atoms with Gasteiger partial charge in [0, 0.05) is 37.9 Å². The van der Waals surface area contributed by atoms with Crippen LogP contribution in [-0.2, 0) is 6.54 Å². The monoisotopic (exact) mass is 373 g/mol. The topological polar surface area (TPSA) is 46.8 Å². The summed E-state index contributed by atoms with van der Waals surface area (Å²) in [7, 11) is 0. The summed E-state index contributed by atoms with van der Waals surface area (Å²) >= 11 is 10.9. The molecule has 0 unspecified atom stereocenters. The van der Waals surface area contributed by atoms with E-state index in [0.29, 0.717) is 10.9 Å². The Bertz CT molecular complexity index is 614. The molecule has 0 bridgehead atoms. The first kappa shape index (κ1) is 14.2.